The highest BCUT2D eigenvalue weighted by atomic mass is 35.5. The molecule has 0 aromatic heterocycles. The number of nitrogens with one attached hydrogen (secondary N) is 2. The number of sulfonamides is 1. The van der Waals surface area contributed by atoms with Crippen LogP contribution in [0.15, 0.2) is 24.3 Å². The maximum absolute atomic E-state index is 12.7. The van der Waals surface area contributed by atoms with Crippen molar-refractivity contribution in [2.45, 2.75) is 12.8 Å². The topological polar surface area (TPSA) is 78.5 Å². The average Bonchev–Trinajstić information content (AvgIpc) is 2.46. The van der Waals surface area contributed by atoms with Crippen molar-refractivity contribution in [3.8, 4) is 0 Å². The molecule has 0 spiro atoms. The summed E-state index contributed by atoms with van der Waals surface area (Å²) in [6.07, 6.45) is 3.16. The molecule has 1 amide bonds. The molecular weight excluding hydrogens is 338 g/mol. The van der Waals surface area contributed by atoms with Crippen LogP contribution in [-0.4, -0.2) is 52.2 Å². The lowest BCUT2D eigenvalue weighted by molar-refractivity contribution is 0.0675. The van der Waals surface area contributed by atoms with Crippen molar-refractivity contribution in [2.75, 3.05) is 37.7 Å². The van der Waals surface area contributed by atoms with Crippen LogP contribution in [0.3, 0.4) is 0 Å². The molecule has 0 radical (unpaired) electrons. The Hall–Kier alpha value is -1.31. The number of carbonyl (C=O) groups excluding carboxylic acids is 1. The van der Waals surface area contributed by atoms with E-state index < -0.39 is 10.0 Å². The van der Waals surface area contributed by atoms with Gasteiger partial charge in [-0.25, -0.2) is 8.42 Å². The number of likely N-dealkylation sites (tertiary alicyclic amines) is 1. The fourth-order valence-corrected chi connectivity index (χ4v) is 3.41. The van der Waals surface area contributed by atoms with E-state index in [-0.39, 0.29) is 18.3 Å². The Bertz CT molecular complexity index is 635. The lowest BCUT2D eigenvalue weighted by Gasteiger charge is -2.33. The van der Waals surface area contributed by atoms with E-state index in [1.54, 1.807) is 24.3 Å². The summed E-state index contributed by atoms with van der Waals surface area (Å²) in [6, 6.07) is 6.74. The summed E-state index contributed by atoms with van der Waals surface area (Å²) < 4.78 is 25.3. The number of amides is 1. The van der Waals surface area contributed by atoms with Gasteiger partial charge in [0.15, 0.2) is 0 Å². The van der Waals surface area contributed by atoms with Crippen molar-refractivity contribution in [3.05, 3.63) is 29.8 Å². The summed E-state index contributed by atoms with van der Waals surface area (Å²) in [6.45, 7) is 2.30. The first-order valence-corrected chi connectivity index (χ1v) is 9.30. The standard InChI is InChI=1S/C15H23N3O3S.ClH/c1-16-10-12-6-5-9-18(11-12)15(19)13-7-3-4-8-14(13)17-22(2,20)21;/h3-4,7-8,12,16-17H,5-6,9-11H2,1-2H3;1H. The lowest BCUT2D eigenvalue weighted by atomic mass is 9.97. The summed E-state index contributed by atoms with van der Waals surface area (Å²) in [5.41, 5.74) is 0.740. The smallest absolute Gasteiger partial charge is 0.255 e. The number of hydrogen-bond donors (Lipinski definition) is 2. The molecule has 1 fully saturated rings. The predicted molar refractivity (Wildman–Crippen MR) is 94.7 cm³/mol. The predicted octanol–water partition coefficient (Wildman–Crippen LogP) is 1.55. The minimum Gasteiger partial charge on any atom is -0.338 e. The molecular formula is C15H24ClN3O3S. The van der Waals surface area contributed by atoms with Gasteiger partial charge in [0.1, 0.15) is 0 Å². The number of para-hydroxylation sites is 1. The Labute approximate surface area is 144 Å². The van der Waals surface area contributed by atoms with Crippen molar-refractivity contribution in [1.82, 2.24) is 10.2 Å². The molecule has 1 aromatic carbocycles. The third kappa shape index (κ3) is 5.67. The highest BCUT2D eigenvalue weighted by Gasteiger charge is 2.25. The maximum atomic E-state index is 12.7. The second-order valence-electron chi connectivity index (χ2n) is 5.74. The highest BCUT2D eigenvalue weighted by Crippen LogP contribution is 2.22. The molecule has 0 bridgehead atoms. The van der Waals surface area contributed by atoms with Gasteiger partial charge in [0.25, 0.3) is 5.91 Å². The Balaban J connectivity index is 0.00000264. The Morgan fingerprint density at radius 1 is 1.35 bits per heavy atom. The zero-order chi connectivity index (χ0) is 16.2. The average molecular weight is 362 g/mol. The Kier molecular flexibility index (Phi) is 7.31. The molecule has 2 rings (SSSR count). The number of benzene rings is 1. The van der Waals surface area contributed by atoms with Gasteiger partial charge < -0.3 is 10.2 Å². The van der Waals surface area contributed by atoms with Crippen molar-refractivity contribution in [1.29, 1.82) is 0 Å². The van der Waals surface area contributed by atoms with Crippen molar-refractivity contribution in [2.24, 2.45) is 5.92 Å². The summed E-state index contributed by atoms with van der Waals surface area (Å²) >= 11 is 0. The summed E-state index contributed by atoms with van der Waals surface area (Å²) in [5, 5.41) is 3.15. The number of hydrogen-bond acceptors (Lipinski definition) is 4. The molecule has 1 unspecified atom stereocenters. The molecule has 1 atom stereocenters. The molecule has 0 saturated carbocycles. The molecule has 0 aliphatic carbocycles. The van der Waals surface area contributed by atoms with E-state index in [1.165, 1.54) is 0 Å². The summed E-state index contributed by atoms with van der Waals surface area (Å²) in [4.78, 5) is 14.5. The van der Waals surface area contributed by atoms with Gasteiger partial charge in [-0.1, -0.05) is 12.1 Å². The zero-order valence-electron chi connectivity index (χ0n) is 13.4. The van der Waals surface area contributed by atoms with E-state index in [9.17, 15) is 13.2 Å². The maximum Gasteiger partial charge on any atom is 0.255 e. The number of nitrogens with zero attached hydrogens (tertiary/aromatic N) is 1. The quantitative estimate of drug-likeness (QED) is 0.834. The van der Waals surface area contributed by atoms with Gasteiger partial charge in [-0.15, -0.1) is 12.4 Å². The number of rotatable bonds is 5. The van der Waals surface area contributed by atoms with Crippen LogP contribution in [0.5, 0.6) is 0 Å². The van der Waals surface area contributed by atoms with Crippen LogP contribution in [0.25, 0.3) is 0 Å². The zero-order valence-corrected chi connectivity index (χ0v) is 15.0. The SMILES string of the molecule is CNCC1CCCN(C(=O)c2ccccc2NS(C)(=O)=O)C1.Cl. The van der Waals surface area contributed by atoms with Gasteiger partial charge in [0.05, 0.1) is 17.5 Å². The normalized spacial score (nSPS) is 18.2. The van der Waals surface area contributed by atoms with Crippen LogP contribution in [0.4, 0.5) is 5.69 Å². The molecule has 6 nitrogen and oxygen atoms in total. The van der Waals surface area contributed by atoms with Crippen molar-refractivity contribution in [3.63, 3.8) is 0 Å². The number of carbonyl (C=O) groups is 1. The van der Waals surface area contributed by atoms with E-state index in [2.05, 4.69) is 10.0 Å². The first kappa shape index (κ1) is 19.7. The van der Waals surface area contributed by atoms with E-state index in [0.717, 1.165) is 25.6 Å². The van der Waals surface area contributed by atoms with E-state index in [4.69, 9.17) is 0 Å². The second kappa shape index (κ2) is 8.52. The van der Waals surface area contributed by atoms with E-state index >= 15 is 0 Å². The van der Waals surface area contributed by atoms with Crippen molar-refractivity contribution >= 4 is 34.0 Å². The minimum atomic E-state index is -3.41. The third-order valence-corrected chi connectivity index (χ3v) is 4.34. The molecule has 8 heteroatoms. The highest BCUT2D eigenvalue weighted by molar-refractivity contribution is 7.92. The fourth-order valence-electron chi connectivity index (χ4n) is 2.83. The van der Waals surface area contributed by atoms with Gasteiger partial charge in [-0.3, -0.25) is 9.52 Å². The molecule has 1 heterocycles. The lowest BCUT2D eigenvalue weighted by Crippen LogP contribution is -2.42. The molecule has 130 valence electrons. The van der Waals surface area contributed by atoms with Crippen LogP contribution in [-0.2, 0) is 10.0 Å². The molecule has 1 saturated heterocycles. The number of halogens is 1. The third-order valence-electron chi connectivity index (χ3n) is 3.75. The van der Waals surface area contributed by atoms with E-state index in [0.29, 0.717) is 30.3 Å². The van der Waals surface area contributed by atoms with Gasteiger partial charge >= 0.3 is 0 Å². The first-order chi connectivity index (χ1) is 10.4. The van der Waals surface area contributed by atoms with Crippen LogP contribution >= 0.6 is 12.4 Å². The van der Waals surface area contributed by atoms with Gasteiger partial charge in [-0.05, 0) is 44.5 Å². The number of piperidine rings is 1. The molecule has 1 aromatic rings. The van der Waals surface area contributed by atoms with Crippen LogP contribution in [0.1, 0.15) is 23.2 Å². The molecule has 2 N–H and O–H groups in total. The monoisotopic (exact) mass is 361 g/mol. The Morgan fingerprint density at radius 3 is 2.70 bits per heavy atom. The van der Waals surface area contributed by atoms with Crippen molar-refractivity contribution < 1.29 is 13.2 Å². The molecule has 23 heavy (non-hydrogen) atoms. The van der Waals surface area contributed by atoms with Gasteiger partial charge in [0, 0.05) is 13.1 Å². The molecule has 1 aliphatic rings. The first-order valence-electron chi connectivity index (χ1n) is 7.41. The summed E-state index contributed by atoms with van der Waals surface area (Å²) in [7, 11) is -1.51. The fraction of sp³-hybridized carbons (Fsp3) is 0.533. The second-order valence-corrected chi connectivity index (χ2v) is 7.49. The number of anilines is 1. The van der Waals surface area contributed by atoms with E-state index in [1.807, 2.05) is 11.9 Å². The van der Waals surface area contributed by atoms with Gasteiger partial charge in [0.2, 0.25) is 10.0 Å². The van der Waals surface area contributed by atoms with Crippen LogP contribution < -0.4 is 10.0 Å². The summed E-state index contributed by atoms with van der Waals surface area (Å²) in [5.74, 6) is 0.324. The largest absolute Gasteiger partial charge is 0.338 e. The Morgan fingerprint density at radius 2 is 2.04 bits per heavy atom. The molecule has 1 aliphatic heterocycles. The van der Waals surface area contributed by atoms with Crippen LogP contribution in [0.2, 0.25) is 0 Å². The van der Waals surface area contributed by atoms with Gasteiger partial charge in [-0.2, -0.15) is 0 Å². The van der Waals surface area contributed by atoms with Crippen LogP contribution in [0, 0.1) is 5.92 Å². The minimum absolute atomic E-state index is 0.